The van der Waals surface area contributed by atoms with Gasteiger partial charge in [0.2, 0.25) is 0 Å². The number of ether oxygens (including phenoxy) is 1. The molecule has 0 amide bonds. The minimum Gasteiger partial charge on any atom is -0.378 e. The zero-order chi connectivity index (χ0) is 11.5. The zero-order valence-corrected chi connectivity index (χ0v) is 10.1. The highest BCUT2D eigenvalue weighted by molar-refractivity contribution is 9.10. The van der Waals surface area contributed by atoms with E-state index in [9.17, 15) is 4.39 Å². The predicted octanol–water partition coefficient (Wildman–Crippen LogP) is 2.30. The maximum atomic E-state index is 13.4. The van der Waals surface area contributed by atoms with Gasteiger partial charge in [-0.2, -0.15) is 5.26 Å². The fourth-order valence-electron chi connectivity index (χ4n) is 1.73. The Kier molecular flexibility index (Phi) is 3.42. The second kappa shape index (κ2) is 4.81. The number of halogens is 2. The molecule has 0 aromatic heterocycles. The van der Waals surface area contributed by atoms with E-state index in [4.69, 9.17) is 10.00 Å². The molecule has 0 aliphatic carbocycles. The molecule has 0 N–H and O–H groups in total. The monoisotopic (exact) mass is 284 g/mol. The van der Waals surface area contributed by atoms with Crippen LogP contribution in [0.5, 0.6) is 0 Å². The zero-order valence-electron chi connectivity index (χ0n) is 8.54. The van der Waals surface area contributed by atoms with Gasteiger partial charge in [-0.25, -0.2) is 4.39 Å². The predicted molar refractivity (Wildman–Crippen MR) is 61.8 cm³/mol. The van der Waals surface area contributed by atoms with Crippen LogP contribution in [-0.4, -0.2) is 26.3 Å². The first kappa shape index (κ1) is 11.4. The third kappa shape index (κ3) is 2.04. The Morgan fingerprint density at radius 2 is 2.06 bits per heavy atom. The Hall–Kier alpha value is -1.12. The summed E-state index contributed by atoms with van der Waals surface area (Å²) in [5.41, 5.74) is 1.11. The van der Waals surface area contributed by atoms with Gasteiger partial charge in [0.15, 0.2) is 0 Å². The number of rotatable bonds is 1. The van der Waals surface area contributed by atoms with Crippen LogP contribution in [0.2, 0.25) is 0 Å². The lowest BCUT2D eigenvalue weighted by Crippen LogP contribution is -2.37. The number of benzene rings is 1. The molecule has 0 spiro atoms. The second-order valence-electron chi connectivity index (χ2n) is 3.47. The van der Waals surface area contributed by atoms with Crippen LogP contribution < -0.4 is 4.90 Å². The van der Waals surface area contributed by atoms with E-state index in [2.05, 4.69) is 22.0 Å². The molecular formula is C11H10BrFN2O. The van der Waals surface area contributed by atoms with Crippen LogP contribution in [-0.2, 0) is 4.74 Å². The molecule has 0 atom stereocenters. The van der Waals surface area contributed by atoms with Crippen molar-refractivity contribution in [1.29, 1.82) is 5.26 Å². The molecule has 1 fully saturated rings. The van der Waals surface area contributed by atoms with Crippen molar-refractivity contribution in [3.63, 3.8) is 0 Å². The number of anilines is 1. The van der Waals surface area contributed by atoms with Gasteiger partial charge in [0.25, 0.3) is 0 Å². The minimum absolute atomic E-state index is 0.347. The summed E-state index contributed by atoms with van der Waals surface area (Å²) >= 11 is 3.20. The average molecular weight is 285 g/mol. The van der Waals surface area contributed by atoms with E-state index in [1.54, 1.807) is 0 Å². The molecule has 2 rings (SSSR count). The van der Waals surface area contributed by atoms with E-state index in [-0.39, 0.29) is 5.82 Å². The highest BCUT2D eigenvalue weighted by atomic mass is 79.9. The Morgan fingerprint density at radius 3 is 2.69 bits per heavy atom. The number of hydrogen-bond acceptors (Lipinski definition) is 3. The fourth-order valence-corrected chi connectivity index (χ4v) is 2.32. The molecular weight excluding hydrogens is 275 g/mol. The van der Waals surface area contributed by atoms with Crippen molar-refractivity contribution >= 4 is 21.6 Å². The SMILES string of the molecule is N#Cc1ccc(F)c(Br)c1N1CCOCC1. The van der Waals surface area contributed by atoms with E-state index in [1.807, 2.05) is 4.90 Å². The molecule has 1 aromatic rings. The van der Waals surface area contributed by atoms with Gasteiger partial charge in [-0.05, 0) is 28.1 Å². The molecule has 0 saturated carbocycles. The quantitative estimate of drug-likeness (QED) is 0.794. The van der Waals surface area contributed by atoms with Crippen molar-refractivity contribution in [1.82, 2.24) is 0 Å². The summed E-state index contributed by atoms with van der Waals surface area (Å²) in [4.78, 5) is 1.97. The van der Waals surface area contributed by atoms with E-state index in [0.717, 1.165) is 0 Å². The molecule has 1 aromatic carbocycles. The van der Waals surface area contributed by atoms with Crippen LogP contribution in [0, 0.1) is 17.1 Å². The fraction of sp³-hybridized carbons (Fsp3) is 0.364. The number of nitrogens with zero attached hydrogens (tertiary/aromatic N) is 2. The molecule has 5 heteroatoms. The van der Waals surface area contributed by atoms with Crippen molar-refractivity contribution in [3.8, 4) is 6.07 Å². The van der Waals surface area contributed by atoms with Gasteiger partial charge in [-0.15, -0.1) is 0 Å². The summed E-state index contributed by atoms with van der Waals surface area (Å²) in [6.45, 7) is 2.56. The lowest BCUT2D eigenvalue weighted by molar-refractivity contribution is 0.122. The third-order valence-corrected chi connectivity index (χ3v) is 3.27. The highest BCUT2D eigenvalue weighted by Gasteiger charge is 2.19. The van der Waals surface area contributed by atoms with Crippen LogP contribution in [0.25, 0.3) is 0 Å². The van der Waals surface area contributed by atoms with Crippen LogP contribution in [0.15, 0.2) is 16.6 Å². The van der Waals surface area contributed by atoms with Gasteiger partial charge >= 0.3 is 0 Å². The van der Waals surface area contributed by atoms with Crippen LogP contribution in [0.1, 0.15) is 5.56 Å². The second-order valence-corrected chi connectivity index (χ2v) is 4.26. The summed E-state index contributed by atoms with van der Waals surface area (Å²) in [5, 5.41) is 9.01. The Labute approximate surface area is 102 Å². The molecule has 1 aliphatic heterocycles. The van der Waals surface area contributed by atoms with E-state index in [1.165, 1.54) is 12.1 Å². The van der Waals surface area contributed by atoms with Crippen molar-refractivity contribution in [2.24, 2.45) is 0 Å². The van der Waals surface area contributed by atoms with Gasteiger partial charge in [-0.1, -0.05) is 0 Å². The smallest absolute Gasteiger partial charge is 0.139 e. The molecule has 0 radical (unpaired) electrons. The van der Waals surface area contributed by atoms with E-state index < -0.39 is 0 Å². The lowest BCUT2D eigenvalue weighted by atomic mass is 10.1. The number of hydrogen-bond donors (Lipinski definition) is 0. The first-order valence-electron chi connectivity index (χ1n) is 4.95. The summed E-state index contributed by atoms with van der Waals surface area (Å²) in [5.74, 6) is -0.347. The number of nitriles is 1. The van der Waals surface area contributed by atoms with Gasteiger partial charge in [0.1, 0.15) is 11.9 Å². The normalized spacial score (nSPS) is 15.9. The molecule has 3 nitrogen and oxygen atoms in total. The Balaban J connectivity index is 2.44. The lowest BCUT2D eigenvalue weighted by Gasteiger charge is -2.30. The summed E-state index contributed by atoms with van der Waals surface area (Å²) < 4.78 is 19.0. The van der Waals surface area contributed by atoms with Gasteiger partial charge < -0.3 is 9.64 Å². The Bertz CT molecular complexity index is 438. The average Bonchev–Trinajstić information content (AvgIpc) is 2.33. The molecule has 0 bridgehead atoms. The maximum absolute atomic E-state index is 13.4. The summed E-state index contributed by atoms with van der Waals surface area (Å²) in [7, 11) is 0. The van der Waals surface area contributed by atoms with E-state index in [0.29, 0.717) is 42.0 Å². The molecule has 1 aliphatic rings. The van der Waals surface area contributed by atoms with E-state index >= 15 is 0 Å². The van der Waals surface area contributed by atoms with Crippen molar-refractivity contribution in [3.05, 3.63) is 28.0 Å². The minimum atomic E-state index is -0.347. The topological polar surface area (TPSA) is 36.3 Å². The largest absolute Gasteiger partial charge is 0.378 e. The highest BCUT2D eigenvalue weighted by Crippen LogP contribution is 2.32. The Morgan fingerprint density at radius 1 is 1.38 bits per heavy atom. The first-order valence-corrected chi connectivity index (χ1v) is 5.74. The van der Waals surface area contributed by atoms with Gasteiger partial charge in [0, 0.05) is 13.1 Å². The maximum Gasteiger partial charge on any atom is 0.139 e. The molecule has 1 heterocycles. The third-order valence-electron chi connectivity index (χ3n) is 2.52. The van der Waals surface area contributed by atoms with Gasteiger partial charge in [-0.3, -0.25) is 0 Å². The van der Waals surface area contributed by atoms with Crippen molar-refractivity contribution in [2.75, 3.05) is 31.2 Å². The molecule has 1 saturated heterocycles. The van der Waals surface area contributed by atoms with Crippen LogP contribution >= 0.6 is 15.9 Å². The van der Waals surface area contributed by atoms with Crippen LogP contribution in [0.4, 0.5) is 10.1 Å². The summed E-state index contributed by atoms with van der Waals surface area (Å²) in [6, 6.07) is 4.88. The molecule has 16 heavy (non-hydrogen) atoms. The van der Waals surface area contributed by atoms with Crippen molar-refractivity contribution < 1.29 is 9.13 Å². The molecule has 84 valence electrons. The molecule has 0 unspecified atom stereocenters. The van der Waals surface area contributed by atoms with Crippen LogP contribution in [0.3, 0.4) is 0 Å². The van der Waals surface area contributed by atoms with Crippen molar-refractivity contribution in [2.45, 2.75) is 0 Å². The first-order chi connectivity index (χ1) is 7.74. The van der Waals surface area contributed by atoms with Gasteiger partial charge in [0.05, 0.1) is 28.9 Å². The standard InChI is InChI=1S/C11H10BrFN2O/c12-10-9(13)2-1-8(7-14)11(10)15-3-5-16-6-4-15/h1-2H,3-6H2. The number of morpholine rings is 1. The summed E-state index contributed by atoms with van der Waals surface area (Å²) in [6.07, 6.45) is 0.